The van der Waals surface area contributed by atoms with Crippen LogP contribution in [-0.2, 0) is 4.79 Å². The van der Waals surface area contributed by atoms with Crippen LogP contribution in [0.15, 0.2) is 18.2 Å². The van der Waals surface area contributed by atoms with Crippen molar-refractivity contribution >= 4 is 24.0 Å². The van der Waals surface area contributed by atoms with E-state index in [-0.39, 0.29) is 24.2 Å². The van der Waals surface area contributed by atoms with Crippen molar-refractivity contribution in [2.45, 2.75) is 52.0 Å². The van der Waals surface area contributed by atoms with Gasteiger partial charge >= 0.3 is 0 Å². The van der Waals surface area contributed by atoms with Gasteiger partial charge in [0.1, 0.15) is 0 Å². The minimum Gasteiger partial charge on any atom is -0.327 e. The molecule has 3 rings (SSSR count). The van der Waals surface area contributed by atoms with Crippen LogP contribution in [0.1, 0.15) is 43.2 Å². The summed E-state index contributed by atoms with van der Waals surface area (Å²) in [5.74, 6) is 1.53. The highest BCUT2D eigenvalue weighted by atomic mass is 35.5. The maximum atomic E-state index is 12.9. The van der Waals surface area contributed by atoms with E-state index < -0.39 is 0 Å². The molecule has 0 saturated heterocycles. The van der Waals surface area contributed by atoms with Gasteiger partial charge in [0.25, 0.3) is 0 Å². The van der Waals surface area contributed by atoms with E-state index in [1.165, 1.54) is 30.4 Å². The van der Waals surface area contributed by atoms with Gasteiger partial charge in [-0.2, -0.15) is 0 Å². The predicted octanol–water partition coefficient (Wildman–Crippen LogP) is 3.84. The zero-order valence-electron chi connectivity index (χ0n) is 14.4. The average molecular weight is 337 g/mol. The standard InChI is InChI=1S/C19H28N2O.ClH/c1-12-7-13(2)9-17(8-12)21(3)19(22)16-10-14-5-4-6-15(11-16)18(14)20;/h7-9,14-16,18H,4-6,10-11,20H2,1-3H3;1H. The van der Waals surface area contributed by atoms with Gasteiger partial charge in [-0.3, -0.25) is 4.79 Å². The van der Waals surface area contributed by atoms with Gasteiger partial charge < -0.3 is 10.6 Å². The minimum atomic E-state index is 0. The molecule has 128 valence electrons. The minimum absolute atomic E-state index is 0. The number of rotatable bonds is 2. The summed E-state index contributed by atoms with van der Waals surface area (Å²) in [5.41, 5.74) is 9.78. The number of hydrogen-bond acceptors (Lipinski definition) is 2. The highest BCUT2D eigenvalue weighted by molar-refractivity contribution is 5.94. The lowest BCUT2D eigenvalue weighted by Crippen LogP contribution is -2.49. The topological polar surface area (TPSA) is 46.3 Å². The number of carbonyl (C=O) groups excluding carboxylic acids is 1. The number of nitrogens with two attached hydrogens (primary N) is 1. The summed E-state index contributed by atoms with van der Waals surface area (Å²) in [6, 6.07) is 6.66. The third-order valence-electron chi connectivity index (χ3n) is 5.69. The first-order valence-corrected chi connectivity index (χ1v) is 8.57. The zero-order valence-corrected chi connectivity index (χ0v) is 15.2. The van der Waals surface area contributed by atoms with Gasteiger partial charge in [-0.25, -0.2) is 0 Å². The van der Waals surface area contributed by atoms with Crippen LogP contribution in [0.25, 0.3) is 0 Å². The van der Waals surface area contributed by atoms with Crippen LogP contribution in [-0.4, -0.2) is 19.0 Å². The molecule has 0 heterocycles. The number of nitrogens with zero attached hydrogens (tertiary/aromatic N) is 1. The molecule has 2 saturated carbocycles. The Balaban J connectivity index is 0.00000192. The molecule has 3 nitrogen and oxygen atoms in total. The van der Waals surface area contributed by atoms with Gasteiger partial charge in [0, 0.05) is 24.7 Å². The maximum absolute atomic E-state index is 12.9. The summed E-state index contributed by atoms with van der Waals surface area (Å²) in [6.45, 7) is 4.16. The van der Waals surface area contributed by atoms with Crippen LogP contribution < -0.4 is 10.6 Å². The molecule has 2 atom stereocenters. The highest BCUT2D eigenvalue weighted by Crippen LogP contribution is 2.42. The molecular weight excluding hydrogens is 308 g/mol. The molecule has 1 amide bonds. The average Bonchev–Trinajstić information content (AvgIpc) is 2.44. The van der Waals surface area contributed by atoms with Gasteiger partial charge in [-0.15, -0.1) is 12.4 Å². The van der Waals surface area contributed by atoms with Crippen LogP contribution in [0.3, 0.4) is 0 Å². The highest BCUT2D eigenvalue weighted by Gasteiger charge is 2.41. The van der Waals surface area contributed by atoms with E-state index in [0.29, 0.717) is 17.9 Å². The lowest BCUT2D eigenvalue weighted by molar-refractivity contribution is -0.124. The van der Waals surface area contributed by atoms with E-state index in [9.17, 15) is 4.79 Å². The summed E-state index contributed by atoms with van der Waals surface area (Å²) >= 11 is 0. The van der Waals surface area contributed by atoms with Gasteiger partial charge in [0.2, 0.25) is 5.91 Å². The van der Waals surface area contributed by atoms with Crippen molar-refractivity contribution in [1.29, 1.82) is 0 Å². The van der Waals surface area contributed by atoms with E-state index >= 15 is 0 Å². The van der Waals surface area contributed by atoms with Crippen molar-refractivity contribution in [3.05, 3.63) is 29.3 Å². The maximum Gasteiger partial charge on any atom is 0.229 e. The molecule has 2 bridgehead atoms. The van der Waals surface area contributed by atoms with E-state index in [1.807, 2.05) is 11.9 Å². The van der Waals surface area contributed by atoms with Crippen LogP contribution in [0.5, 0.6) is 0 Å². The molecule has 1 aromatic carbocycles. The first kappa shape index (κ1) is 18.3. The molecule has 2 aliphatic rings. The summed E-state index contributed by atoms with van der Waals surface area (Å²) in [7, 11) is 1.92. The smallest absolute Gasteiger partial charge is 0.229 e. The van der Waals surface area contributed by atoms with Crippen LogP contribution >= 0.6 is 12.4 Å². The second kappa shape index (κ2) is 7.23. The van der Waals surface area contributed by atoms with Crippen molar-refractivity contribution in [2.75, 3.05) is 11.9 Å². The number of fused-ring (bicyclic) bond motifs is 2. The molecule has 2 N–H and O–H groups in total. The van der Waals surface area contributed by atoms with E-state index in [4.69, 9.17) is 5.73 Å². The first-order valence-electron chi connectivity index (χ1n) is 8.57. The molecule has 1 aromatic rings. The lowest BCUT2D eigenvalue weighted by atomic mass is 9.65. The molecule has 23 heavy (non-hydrogen) atoms. The number of benzene rings is 1. The predicted molar refractivity (Wildman–Crippen MR) is 98.1 cm³/mol. The Hall–Kier alpha value is -1.06. The Morgan fingerprint density at radius 2 is 1.61 bits per heavy atom. The second-order valence-corrected chi connectivity index (χ2v) is 7.44. The Morgan fingerprint density at radius 1 is 1.09 bits per heavy atom. The zero-order chi connectivity index (χ0) is 15.9. The molecule has 0 spiro atoms. The molecule has 0 radical (unpaired) electrons. The molecule has 4 heteroatoms. The van der Waals surface area contributed by atoms with E-state index in [0.717, 1.165) is 18.5 Å². The Bertz CT molecular complexity index is 540. The summed E-state index contributed by atoms with van der Waals surface area (Å²) in [6.07, 6.45) is 5.65. The van der Waals surface area contributed by atoms with Crippen LogP contribution in [0, 0.1) is 31.6 Å². The number of carbonyl (C=O) groups is 1. The van der Waals surface area contributed by atoms with E-state index in [2.05, 4.69) is 32.0 Å². The fourth-order valence-corrected chi connectivity index (χ4v) is 4.54. The quantitative estimate of drug-likeness (QED) is 0.891. The van der Waals surface area contributed by atoms with Crippen molar-refractivity contribution in [1.82, 2.24) is 0 Å². The second-order valence-electron chi connectivity index (χ2n) is 7.44. The van der Waals surface area contributed by atoms with E-state index in [1.54, 1.807) is 0 Å². The lowest BCUT2D eigenvalue weighted by Gasteiger charge is -2.44. The van der Waals surface area contributed by atoms with Gasteiger partial charge in [-0.05, 0) is 74.6 Å². The number of hydrogen-bond donors (Lipinski definition) is 1. The van der Waals surface area contributed by atoms with Gasteiger partial charge in [0.15, 0.2) is 0 Å². The van der Waals surface area contributed by atoms with Crippen molar-refractivity contribution < 1.29 is 4.79 Å². The monoisotopic (exact) mass is 336 g/mol. The third-order valence-corrected chi connectivity index (χ3v) is 5.69. The molecule has 2 aliphatic carbocycles. The summed E-state index contributed by atoms with van der Waals surface area (Å²) in [4.78, 5) is 14.8. The van der Waals surface area contributed by atoms with Gasteiger partial charge in [-0.1, -0.05) is 12.5 Å². The fraction of sp³-hybridized carbons (Fsp3) is 0.632. The van der Waals surface area contributed by atoms with Crippen LogP contribution in [0.4, 0.5) is 5.69 Å². The van der Waals surface area contributed by atoms with Crippen molar-refractivity contribution in [2.24, 2.45) is 23.5 Å². The number of amides is 1. The summed E-state index contributed by atoms with van der Waals surface area (Å²) < 4.78 is 0. The molecular formula is C19H29ClN2O. The van der Waals surface area contributed by atoms with Crippen molar-refractivity contribution in [3.63, 3.8) is 0 Å². The number of aryl methyl sites for hydroxylation is 2. The van der Waals surface area contributed by atoms with Crippen LogP contribution in [0.2, 0.25) is 0 Å². The fourth-order valence-electron chi connectivity index (χ4n) is 4.54. The number of halogens is 1. The molecule has 0 aromatic heterocycles. The SMILES string of the molecule is Cc1cc(C)cc(N(C)C(=O)C2CC3CCCC(C2)C3N)c1.Cl. The Kier molecular flexibility index (Phi) is 5.74. The first-order chi connectivity index (χ1) is 10.5. The van der Waals surface area contributed by atoms with Crippen molar-refractivity contribution in [3.8, 4) is 0 Å². The normalized spacial score (nSPS) is 29.6. The van der Waals surface area contributed by atoms with Gasteiger partial charge in [0.05, 0.1) is 0 Å². The number of anilines is 1. The Labute approximate surface area is 146 Å². The largest absolute Gasteiger partial charge is 0.327 e. The third kappa shape index (κ3) is 3.72. The molecule has 0 aliphatic heterocycles. The molecule has 2 fully saturated rings. The Morgan fingerprint density at radius 3 is 2.13 bits per heavy atom. The molecule has 2 unspecified atom stereocenters. The summed E-state index contributed by atoms with van der Waals surface area (Å²) in [5, 5.41) is 0.